The monoisotopic (exact) mass is 328 g/mol. The van der Waals surface area contributed by atoms with Crippen LogP contribution in [0.15, 0.2) is 18.2 Å². The van der Waals surface area contributed by atoms with Crippen LogP contribution >= 0.6 is 11.6 Å². The zero-order chi connectivity index (χ0) is 16.3. The van der Waals surface area contributed by atoms with Gasteiger partial charge in [0.05, 0.1) is 10.7 Å². The van der Waals surface area contributed by atoms with Gasteiger partial charge in [-0.3, -0.25) is 0 Å². The van der Waals surface area contributed by atoms with Crippen molar-refractivity contribution in [3.63, 3.8) is 0 Å². The maximum Gasteiger partial charge on any atom is 0.410 e. The average Bonchev–Trinajstić information content (AvgIpc) is 2.43. The zero-order valence-electron chi connectivity index (χ0n) is 13.2. The van der Waals surface area contributed by atoms with Gasteiger partial charge in [0.15, 0.2) is 5.82 Å². The number of anilines is 1. The lowest BCUT2D eigenvalue weighted by molar-refractivity contribution is 0.0210. The van der Waals surface area contributed by atoms with Crippen molar-refractivity contribution in [1.82, 2.24) is 4.90 Å². The fourth-order valence-corrected chi connectivity index (χ4v) is 2.54. The molecule has 0 bridgehead atoms. The summed E-state index contributed by atoms with van der Waals surface area (Å²) in [7, 11) is 0. The van der Waals surface area contributed by atoms with Gasteiger partial charge in [-0.15, -0.1) is 0 Å². The number of likely N-dealkylation sites (tertiary alicyclic amines) is 1. The fraction of sp³-hybridized carbons (Fsp3) is 0.562. The second kappa shape index (κ2) is 6.73. The molecule has 0 aromatic heterocycles. The first kappa shape index (κ1) is 16.9. The van der Waals surface area contributed by atoms with Gasteiger partial charge in [-0.25, -0.2) is 9.18 Å². The van der Waals surface area contributed by atoms with E-state index in [4.69, 9.17) is 16.3 Å². The van der Waals surface area contributed by atoms with Crippen LogP contribution in [0.1, 0.15) is 33.6 Å². The Hall–Kier alpha value is -1.49. The van der Waals surface area contributed by atoms with Gasteiger partial charge in [-0.05, 0) is 45.7 Å². The first-order valence-electron chi connectivity index (χ1n) is 7.45. The summed E-state index contributed by atoms with van der Waals surface area (Å²) >= 11 is 5.77. The molecule has 0 unspecified atom stereocenters. The van der Waals surface area contributed by atoms with Gasteiger partial charge in [0.1, 0.15) is 5.60 Å². The first-order valence-corrected chi connectivity index (χ1v) is 7.82. The van der Waals surface area contributed by atoms with Crippen LogP contribution in [0.2, 0.25) is 5.02 Å². The zero-order valence-corrected chi connectivity index (χ0v) is 13.9. The van der Waals surface area contributed by atoms with E-state index in [1.807, 2.05) is 20.8 Å². The highest BCUT2D eigenvalue weighted by Gasteiger charge is 2.27. The van der Waals surface area contributed by atoms with E-state index in [9.17, 15) is 9.18 Å². The fourth-order valence-electron chi connectivity index (χ4n) is 2.37. The number of piperidine rings is 1. The minimum absolute atomic E-state index is 0.108. The van der Waals surface area contributed by atoms with E-state index < -0.39 is 11.4 Å². The smallest absolute Gasteiger partial charge is 0.410 e. The Morgan fingerprint density at radius 1 is 1.36 bits per heavy atom. The Labute approximate surface area is 135 Å². The number of rotatable bonds is 2. The number of hydrogen-bond donors (Lipinski definition) is 1. The highest BCUT2D eigenvalue weighted by Crippen LogP contribution is 2.25. The first-order chi connectivity index (χ1) is 10.3. The summed E-state index contributed by atoms with van der Waals surface area (Å²) in [5.41, 5.74) is -0.0842. The molecule has 1 aromatic rings. The third-order valence-electron chi connectivity index (χ3n) is 3.46. The number of hydrogen-bond acceptors (Lipinski definition) is 3. The number of nitrogens with one attached hydrogen (secondary N) is 1. The molecule has 0 atom stereocenters. The number of nitrogens with zero attached hydrogens (tertiary/aromatic N) is 1. The summed E-state index contributed by atoms with van der Waals surface area (Å²) < 4.78 is 19.2. The maximum atomic E-state index is 13.9. The van der Waals surface area contributed by atoms with Gasteiger partial charge >= 0.3 is 6.09 Å². The summed E-state index contributed by atoms with van der Waals surface area (Å²) in [6.45, 7) is 6.73. The molecular formula is C16H22ClFN2O2. The van der Waals surface area contributed by atoms with Crippen LogP contribution in [0.4, 0.5) is 14.9 Å². The topological polar surface area (TPSA) is 41.6 Å². The van der Waals surface area contributed by atoms with E-state index in [0.29, 0.717) is 18.8 Å². The van der Waals surface area contributed by atoms with E-state index in [-0.39, 0.29) is 17.2 Å². The molecule has 6 heteroatoms. The summed E-state index contributed by atoms with van der Waals surface area (Å²) in [5.74, 6) is -0.432. The van der Waals surface area contributed by atoms with E-state index in [1.54, 1.807) is 17.0 Å². The molecule has 122 valence electrons. The molecular weight excluding hydrogens is 307 g/mol. The Morgan fingerprint density at radius 3 is 2.59 bits per heavy atom. The normalized spacial score (nSPS) is 16.5. The molecule has 1 aliphatic heterocycles. The van der Waals surface area contributed by atoms with Gasteiger partial charge in [-0.2, -0.15) is 0 Å². The van der Waals surface area contributed by atoms with Crippen molar-refractivity contribution in [2.75, 3.05) is 18.4 Å². The van der Waals surface area contributed by atoms with Gasteiger partial charge in [-0.1, -0.05) is 17.7 Å². The molecule has 0 spiro atoms. The number of ether oxygens (including phenoxy) is 1. The van der Waals surface area contributed by atoms with Crippen molar-refractivity contribution in [2.45, 2.75) is 45.3 Å². The van der Waals surface area contributed by atoms with Crippen molar-refractivity contribution in [1.29, 1.82) is 0 Å². The number of benzene rings is 1. The third-order valence-corrected chi connectivity index (χ3v) is 3.75. The Balaban J connectivity index is 1.87. The summed E-state index contributed by atoms with van der Waals surface area (Å²) in [4.78, 5) is 13.7. The van der Waals surface area contributed by atoms with Crippen molar-refractivity contribution in [3.8, 4) is 0 Å². The van der Waals surface area contributed by atoms with Crippen LogP contribution < -0.4 is 5.32 Å². The molecule has 0 saturated carbocycles. The number of carbonyl (C=O) groups is 1. The molecule has 1 N–H and O–H groups in total. The quantitative estimate of drug-likeness (QED) is 0.880. The molecule has 1 aromatic carbocycles. The molecule has 22 heavy (non-hydrogen) atoms. The van der Waals surface area contributed by atoms with Crippen LogP contribution in [0.3, 0.4) is 0 Å². The van der Waals surface area contributed by atoms with E-state index in [1.165, 1.54) is 6.07 Å². The molecule has 0 radical (unpaired) electrons. The molecule has 1 fully saturated rings. The molecule has 2 rings (SSSR count). The highest BCUT2D eigenvalue weighted by molar-refractivity contribution is 6.31. The SMILES string of the molecule is CC(C)(C)OC(=O)N1CCC(Nc2cccc(Cl)c2F)CC1. The van der Waals surface area contributed by atoms with Gasteiger partial charge in [0.2, 0.25) is 0 Å². The summed E-state index contributed by atoms with van der Waals surface area (Å²) in [6, 6.07) is 5.02. The number of amides is 1. The molecule has 1 heterocycles. The van der Waals surface area contributed by atoms with Gasteiger partial charge < -0.3 is 15.0 Å². The Morgan fingerprint density at radius 2 is 2.00 bits per heavy atom. The molecule has 1 saturated heterocycles. The molecule has 0 aliphatic carbocycles. The summed E-state index contributed by atoms with van der Waals surface area (Å²) in [6.07, 6.45) is 1.19. The van der Waals surface area contributed by atoms with Gasteiger partial charge in [0, 0.05) is 19.1 Å². The minimum Gasteiger partial charge on any atom is -0.444 e. The van der Waals surface area contributed by atoms with E-state index in [0.717, 1.165) is 12.8 Å². The third kappa shape index (κ3) is 4.50. The van der Waals surface area contributed by atoms with Crippen LogP contribution in [0, 0.1) is 5.82 Å². The largest absolute Gasteiger partial charge is 0.444 e. The number of halogens is 2. The maximum absolute atomic E-state index is 13.9. The standard InChI is InChI=1S/C16H22ClFN2O2/c1-16(2,3)22-15(21)20-9-7-11(8-10-20)19-13-6-4-5-12(17)14(13)18/h4-6,11,19H,7-10H2,1-3H3. The van der Waals surface area contributed by atoms with E-state index in [2.05, 4.69) is 5.32 Å². The van der Waals surface area contributed by atoms with Crippen LogP contribution in [0.5, 0.6) is 0 Å². The predicted octanol–water partition coefficient (Wildman–Crippen LogP) is 4.29. The molecule has 4 nitrogen and oxygen atoms in total. The lowest BCUT2D eigenvalue weighted by Crippen LogP contribution is -2.44. The predicted molar refractivity (Wildman–Crippen MR) is 85.9 cm³/mol. The van der Waals surface area contributed by atoms with Crippen molar-refractivity contribution in [3.05, 3.63) is 29.0 Å². The van der Waals surface area contributed by atoms with Crippen molar-refractivity contribution >= 4 is 23.4 Å². The lowest BCUT2D eigenvalue weighted by Gasteiger charge is -2.34. The van der Waals surface area contributed by atoms with E-state index >= 15 is 0 Å². The van der Waals surface area contributed by atoms with Crippen LogP contribution in [-0.4, -0.2) is 35.7 Å². The molecule has 1 amide bonds. The second-order valence-corrected chi connectivity index (χ2v) is 6.89. The average molecular weight is 329 g/mol. The molecule has 1 aliphatic rings. The van der Waals surface area contributed by atoms with Crippen LogP contribution in [-0.2, 0) is 4.74 Å². The Bertz CT molecular complexity index is 537. The Kier molecular flexibility index (Phi) is 5.16. The van der Waals surface area contributed by atoms with Crippen molar-refractivity contribution in [2.24, 2.45) is 0 Å². The van der Waals surface area contributed by atoms with Crippen LogP contribution in [0.25, 0.3) is 0 Å². The lowest BCUT2D eigenvalue weighted by atomic mass is 10.0. The second-order valence-electron chi connectivity index (χ2n) is 6.49. The number of carbonyl (C=O) groups excluding carboxylic acids is 1. The minimum atomic E-state index is -0.490. The highest BCUT2D eigenvalue weighted by atomic mass is 35.5. The van der Waals surface area contributed by atoms with Crippen molar-refractivity contribution < 1.29 is 13.9 Å². The van der Waals surface area contributed by atoms with Gasteiger partial charge in [0.25, 0.3) is 0 Å². The summed E-state index contributed by atoms with van der Waals surface area (Å²) in [5, 5.41) is 3.27.